The average molecular weight is 385 g/mol. The van der Waals surface area contributed by atoms with E-state index in [9.17, 15) is 13.2 Å². The molecule has 8 heteroatoms. The number of benzene rings is 1. The third kappa shape index (κ3) is 4.41. The monoisotopic (exact) mass is 384 g/mol. The van der Waals surface area contributed by atoms with Crippen LogP contribution in [0.3, 0.4) is 0 Å². The zero-order valence-electron chi connectivity index (χ0n) is 13.8. The third-order valence-electron chi connectivity index (χ3n) is 4.36. The van der Waals surface area contributed by atoms with Gasteiger partial charge >= 0.3 is 0 Å². The fourth-order valence-electron chi connectivity index (χ4n) is 3.02. The summed E-state index contributed by atoms with van der Waals surface area (Å²) in [6.07, 6.45) is 6.50. The van der Waals surface area contributed by atoms with Crippen molar-refractivity contribution in [2.24, 2.45) is 5.92 Å². The summed E-state index contributed by atoms with van der Waals surface area (Å²) in [7, 11) is -3.71. The molecule has 136 valence electrons. The number of ether oxygens (including phenoxy) is 1. The third-order valence-corrected chi connectivity index (χ3v) is 6.74. The van der Waals surface area contributed by atoms with E-state index in [0.29, 0.717) is 38.4 Å². The van der Waals surface area contributed by atoms with Crippen LogP contribution in [0.15, 0.2) is 35.2 Å². The number of allylic oxidation sites excluding steroid dienone is 2. The van der Waals surface area contributed by atoms with Crippen LogP contribution in [0.5, 0.6) is 0 Å². The van der Waals surface area contributed by atoms with Crippen LogP contribution < -0.4 is 5.32 Å². The molecule has 1 heterocycles. The molecule has 1 unspecified atom stereocenters. The van der Waals surface area contributed by atoms with Gasteiger partial charge in [-0.1, -0.05) is 23.8 Å². The second-order valence-corrected chi connectivity index (χ2v) is 8.49. The van der Waals surface area contributed by atoms with Gasteiger partial charge in [-0.15, -0.1) is 0 Å². The number of anilines is 1. The Hall–Kier alpha value is -1.41. The lowest BCUT2D eigenvalue weighted by Crippen LogP contribution is -2.40. The maximum absolute atomic E-state index is 12.8. The molecule has 1 saturated heterocycles. The molecule has 1 aliphatic heterocycles. The van der Waals surface area contributed by atoms with Crippen molar-refractivity contribution in [1.82, 2.24) is 4.31 Å². The number of amides is 1. The molecule has 0 saturated carbocycles. The second-order valence-electron chi connectivity index (χ2n) is 6.18. The highest BCUT2D eigenvalue weighted by Gasteiger charge is 2.28. The minimum Gasteiger partial charge on any atom is -0.379 e. The summed E-state index contributed by atoms with van der Waals surface area (Å²) >= 11 is 6.12. The minimum atomic E-state index is -3.71. The van der Waals surface area contributed by atoms with Crippen molar-refractivity contribution in [3.63, 3.8) is 0 Å². The summed E-state index contributed by atoms with van der Waals surface area (Å²) in [6, 6.07) is 4.54. The maximum Gasteiger partial charge on any atom is 0.244 e. The molecule has 1 fully saturated rings. The van der Waals surface area contributed by atoms with Gasteiger partial charge in [0, 0.05) is 25.2 Å². The first-order chi connectivity index (χ1) is 12.0. The summed E-state index contributed by atoms with van der Waals surface area (Å²) in [5.41, 5.74) is 0.434. The summed E-state index contributed by atoms with van der Waals surface area (Å²) < 4.78 is 32.1. The Kier molecular flexibility index (Phi) is 5.78. The molecule has 1 aliphatic carbocycles. The number of hydrogen-bond donors (Lipinski definition) is 1. The van der Waals surface area contributed by atoms with Gasteiger partial charge in [0.25, 0.3) is 0 Å². The number of carbonyl (C=O) groups is 1. The Balaban J connectivity index is 1.75. The Bertz CT molecular complexity index is 773. The topological polar surface area (TPSA) is 75.7 Å². The number of rotatable bonds is 5. The van der Waals surface area contributed by atoms with E-state index >= 15 is 0 Å². The van der Waals surface area contributed by atoms with Crippen molar-refractivity contribution in [2.75, 3.05) is 31.6 Å². The maximum atomic E-state index is 12.8. The number of carbonyl (C=O) groups excluding carboxylic acids is 1. The van der Waals surface area contributed by atoms with Crippen molar-refractivity contribution < 1.29 is 17.9 Å². The van der Waals surface area contributed by atoms with Crippen molar-refractivity contribution in [3.8, 4) is 0 Å². The Morgan fingerprint density at radius 3 is 2.76 bits per heavy atom. The van der Waals surface area contributed by atoms with E-state index in [1.54, 1.807) is 6.07 Å². The van der Waals surface area contributed by atoms with E-state index in [1.807, 2.05) is 0 Å². The van der Waals surface area contributed by atoms with Crippen molar-refractivity contribution in [3.05, 3.63) is 35.4 Å². The van der Waals surface area contributed by atoms with Crippen molar-refractivity contribution in [1.29, 1.82) is 0 Å². The van der Waals surface area contributed by atoms with Crippen LogP contribution in [0.2, 0.25) is 5.02 Å². The lowest BCUT2D eigenvalue weighted by atomic mass is 10.1. The first-order valence-electron chi connectivity index (χ1n) is 8.31. The molecule has 0 radical (unpaired) electrons. The van der Waals surface area contributed by atoms with Crippen LogP contribution in [-0.4, -0.2) is 44.9 Å². The number of halogens is 1. The molecular weight excluding hydrogens is 364 g/mol. The molecule has 1 N–H and O–H groups in total. The van der Waals surface area contributed by atoms with Crippen LogP contribution in [0, 0.1) is 5.92 Å². The molecule has 1 atom stereocenters. The summed E-state index contributed by atoms with van der Waals surface area (Å²) in [6.45, 7) is 1.32. The molecule has 6 nitrogen and oxygen atoms in total. The normalized spacial score (nSPS) is 21.4. The highest BCUT2D eigenvalue weighted by atomic mass is 35.5. The first-order valence-corrected chi connectivity index (χ1v) is 10.1. The van der Waals surface area contributed by atoms with Gasteiger partial charge < -0.3 is 10.1 Å². The SMILES string of the molecule is O=C(CC1C=CCC1)Nc1ccc(Cl)c(S(=O)(=O)N2CCOCC2)c1. The predicted octanol–water partition coefficient (Wildman–Crippen LogP) is 2.66. The summed E-state index contributed by atoms with van der Waals surface area (Å²) in [4.78, 5) is 12.2. The number of sulfonamides is 1. The quantitative estimate of drug-likeness (QED) is 0.792. The molecule has 0 aromatic heterocycles. The molecular formula is C17H21ClN2O4S. The van der Waals surface area contributed by atoms with E-state index in [4.69, 9.17) is 16.3 Å². The van der Waals surface area contributed by atoms with Crippen LogP contribution in [0.1, 0.15) is 19.3 Å². The molecule has 1 aromatic rings. The predicted molar refractivity (Wildman–Crippen MR) is 96.1 cm³/mol. The number of hydrogen-bond acceptors (Lipinski definition) is 4. The van der Waals surface area contributed by atoms with Crippen molar-refractivity contribution in [2.45, 2.75) is 24.2 Å². The molecule has 0 spiro atoms. The lowest BCUT2D eigenvalue weighted by Gasteiger charge is -2.26. The summed E-state index contributed by atoms with van der Waals surface area (Å²) in [5.74, 6) is 0.123. The molecule has 1 aromatic carbocycles. The van der Waals surface area contributed by atoms with Gasteiger partial charge in [-0.2, -0.15) is 4.31 Å². The Morgan fingerprint density at radius 2 is 2.08 bits per heavy atom. The second kappa shape index (κ2) is 7.86. The fourth-order valence-corrected chi connectivity index (χ4v) is 4.93. The van der Waals surface area contributed by atoms with Crippen LogP contribution >= 0.6 is 11.6 Å². The van der Waals surface area contributed by atoms with Crippen LogP contribution in [0.4, 0.5) is 5.69 Å². The van der Waals surface area contributed by atoms with Gasteiger partial charge in [-0.25, -0.2) is 8.42 Å². The van der Waals surface area contributed by atoms with Crippen LogP contribution in [0.25, 0.3) is 0 Å². The molecule has 0 bridgehead atoms. The number of nitrogens with one attached hydrogen (secondary N) is 1. The zero-order chi connectivity index (χ0) is 17.9. The van der Waals surface area contributed by atoms with Crippen molar-refractivity contribution >= 4 is 33.2 Å². The molecule has 3 rings (SSSR count). The minimum absolute atomic E-state index is 0.00892. The smallest absolute Gasteiger partial charge is 0.244 e. The fraction of sp³-hybridized carbons (Fsp3) is 0.471. The Morgan fingerprint density at radius 1 is 1.32 bits per heavy atom. The van der Waals surface area contributed by atoms with Gasteiger partial charge in [0.05, 0.1) is 18.2 Å². The van der Waals surface area contributed by atoms with E-state index in [0.717, 1.165) is 12.8 Å². The standard InChI is InChI=1S/C17H21ClN2O4S/c18-15-6-5-14(19-17(21)11-13-3-1-2-4-13)12-16(15)25(22,23)20-7-9-24-10-8-20/h1,3,5-6,12-13H,2,4,7-11H2,(H,19,21). The van der Waals surface area contributed by atoms with Crippen LogP contribution in [-0.2, 0) is 19.6 Å². The Labute approximate surface area is 152 Å². The largest absolute Gasteiger partial charge is 0.379 e. The van der Waals surface area contributed by atoms with Gasteiger partial charge in [-0.05, 0) is 37.0 Å². The lowest BCUT2D eigenvalue weighted by molar-refractivity contribution is -0.116. The van der Waals surface area contributed by atoms with E-state index in [1.165, 1.54) is 16.4 Å². The molecule has 2 aliphatic rings. The zero-order valence-corrected chi connectivity index (χ0v) is 15.4. The van der Waals surface area contributed by atoms with Gasteiger partial charge in [0.2, 0.25) is 15.9 Å². The first kappa shape index (κ1) is 18.4. The van der Waals surface area contributed by atoms with Gasteiger partial charge in [0.1, 0.15) is 4.90 Å². The molecule has 25 heavy (non-hydrogen) atoms. The van der Waals surface area contributed by atoms with E-state index < -0.39 is 10.0 Å². The summed E-state index contributed by atoms with van der Waals surface area (Å²) in [5, 5.41) is 2.91. The van der Waals surface area contributed by atoms with Gasteiger partial charge in [-0.3, -0.25) is 4.79 Å². The highest BCUT2D eigenvalue weighted by Crippen LogP contribution is 2.29. The van der Waals surface area contributed by atoms with Gasteiger partial charge in [0.15, 0.2) is 0 Å². The number of morpholine rings is 1. The average Bonchev–Trinajstić information content (AvgIpc) is 3.10. The molecule has 1 amide bonds. The van der Waals surface area contributed by atoms with E-state index in [-0.39, 0.29) is 21.7 Å². The number of nitrogens with zero attached hydrogens (tertiary/aromatic N) is 1. The highest BCUT2D eigenvalue weighted by molar-refractivity contribution is 7.89. The van der Waals surface area contributed by atoms with E-state index in [2.05, 4.69) is 17.5 Å².